The Morgan fingerprint density at radius 3 is 1.39 bits per heavy atom. The minimum atomic E-state index is -0.137. The van der Waals surface area contributed by atoms with Gasteiger partial charge in [-0.2, -0.15) is 0 Å². The lowest BCUT2D eigenvalue weighted by molar-refractivity contribution is 0.260. The van der Waals surface area contributed by atoms with Gasteiger partial charge in [-0.15, -0.1) is 0 Å². The molecule has 1 aromatic rings. The summed E-state index contributed by atoms with van der Waals surface area (Å²) in [6, 6.07) is 0. The molecule has 0 radical (unpaired) electrons. The van der Waals surface area contributed by atoms with Gasteiger partial charge in [0.25, 0.3) is 0 Å². The molecular formula is C14H22O4. The number of aromatic hydroxyl groups is 2. The maximum absolute atomic E-state index is 9.83. The molecule has 0 unspecified atom stereocenters. The van der Waals surface area contributed by atoms with Crippen molar-refractivity contribution in [3.8, 4) is 23.0 Å². The molecule has 1 rings (SSSR count). The lowest BCUT2D eigenvalue weighted by Gasteiger charge is -2.19. The zero-order valence-electron chi connectivity index (χ0n) is 11.5. The number of ether oxygens (including phenoxy) is 2. The molecule has 0 aromatic heterocycles. The van der Waals surface area contributed by atoms with Crippen molar-refractivity contribution < 1.29 is 19.7 Å². The Hall–Kier alpha value is -1.58. The second-order valence-electron chi connectivity index (χ2n) is 4.30. The first-order valence-corrected chi connectivity index (χ1v) is 6.35. The summed E-state index contributed by atoms with van der Waals surface area (Å²) in [7, 11) is 0. The highest BCUT2D eigenvalue weighted by Crippen LogP contribution is 2.46. The Bertz CT molecular complexity index is 374. The average molecular weight is 254 g/mol. The van der Waals surface area contributed by atoms with Gasteiger partial charge in [0.2, 0.25) is 0 Å². The first kappa shape index (κ1) is 14.5. The fourth-order valence-corrected chi connectivity index (χ4v) is 1.67. The highest BCUT2D eigenvalue weighted by Gasteiger charge is 2.21. The lowest BCUT2D eigenvalue weighted by Crippen LogP contribution is -2.04. The van der Waals surface area contributed by atoms with Gasteiger partial charge in [0.1, 0.15) is 0 Å². The van der Waals surface area contributed by atoms with Gasteiger partial charge >= 0.3 is 0 Å². The Labute approximate surface area is 108 Å². The zero-order chi connectivity index (χ0) is 13.7. The van der Waals surface area contributed by atoms with Crippen LogP contribution in [-0.4, -0.2) is 23.4 Å². The van der Waals surface area contributed by atoms with Gasteiger partial charge in [0.05, 0.1) is 13.2 Å². The Morgan fingerprint density at radius 2 is 1.11 bits per heavy atom. The third kappa shape index (κ3) is 2.81. The van der Waals surface area contributed by atoms with E-state index in [9.17, 15) is 10.2 Å². The minimum absolute atomic E-state index is 0.137. The third-order valence-electron chi connectivity index (χ3n) is 2.72. The Balaban J connectivity index is 3.24. The normalized spacial score (nSPS) is 10.4. The second kappa shape index (κ2) is 6.38. The van der Waals surface area contributed by atoms with Crippen molar-refractivity contribution in [1.29, 1.82) is 0 Å². The molecule has 1 aromatic carbocycles. The highest BCUT2D eigenvalue weighted by atomic mass is 16.5. The number of benzene rings is 1. The lowest BCUT2D eigenvalue weighted by atomic mass is 10.1. The van der Waals surface area contributed by atoms with Gasteiger partial charge in [-0.1, -0.05) is 13.8 Å². The minimum Gasteiger partial charge on any atom is -0.504 e. The van der Waals surface area contributed by atoms with Gasteiger partial charge in [-0.05, 0) is 26.7 Å². The molecule has 0 amide bonds. The van der Waals surface area contributed by atoms with Crippen molar-refractivity contribution in [2.75, 3.05) is 13.2 Å². The fourth-order valence-electron chi connectivity index (χ4n) is 1.67. The van der Waals surface area contributed by atoms with Crippen LogP contribution < -0.4 is 9.47 Å². The highest BCUT2D eigenvalue weighted by molar-refractivity contribution is 5.64. The molecule has 0 aliphatic rings. The molecule has 4 nitrogen and oxygen atoms in total. The molecule has 102 valence electrons. The Morgan fingerprint density at radius 1 is 0.778 bits per heavy atom. The van der Waals surface area contributed by atoms with Gasteiger partial charge in [0, 0.05) is 11.1 Å². The molecule has 4 heteroatoms. The molecule has 0 heterocycles. The van der Waals surface area contributed by atoms with E-state index in [1.807, 2.05) is 13.8 Å². The number of hydrogen-bond donors (Lipinski definition) is 2. The zero-order valence-corrected chi connectivity index (χ0v) is 11.5. The number of phenolic OH excluding ortho intramolecular Hbond substituents is 2. The third-order valence-corrected chi connectivity index (χ3v) is 2.72. The summed E-state index contributed by atoms with van der Waals surface area (Å²) in [5, 5.41) is 19.7. The monoisotopic (exact) mass is 254 g/mol. The smallest absolute Gasteiger partial charge is 0.168 e. The van der Waals surface area contributed by atoms with Crippen molar-refractivity contribution in [3.05, 3.63) is 11.1 Å². The fraction of sp³-hybridized carbons (Fsp3) is 0.571. The second-order valence-corrected chi connectivity index (χ2v) is 4.30. The molecule has 0 saturated heterocycles. The largest absolute Gasteiger partial charge is 0.504 e. The topological polar surface area (TPSA) is 58.9 Å². The van der Waals surface area contributed by atoms with Crippen LogP contribution in [0.1, 0.15) is 37.8 Å². The van der Waals surface area contributed by atoms with E-state index in [-0.39, 0.29) is 11.5 Å². The van der Waals surface area contributed by atoms with Crippen LogP contribution in [0.25, 0.3) is 0 Å². The van der Waals surface area contributed by atoms with E-state index in [1.54, 1.807) is 13.8 Å². The van der Waals surface area contributed by atoms with Crippen LogP contribution in [0.2, 0.25) is 0 Å². The molecule has 0 aliphatic carbocycles. The first-order valence-electron chi connectivity index (χ1n) is 6.35. The van der Waals surface area contributed by atoms with E-state index in [0.29, 0.717) is 35.8 Å². The summed E-state index contributed by atoms with van der Waals surface area (Å²) in [5.74, 6) is 0.779. The SMILES string of the molecule is CCCOc1c(C)c(O)c(O)c(C)c1OCCC. The van der Waals surface area contributed by atoms with Crippen LogP contribution in [0.5, 0.6) is 23.0 Å². The van der Waals surface area contributed by atoms with E-state index in [2.05, 4.69) is 0 Å². The summed E-state index contributed by atoms with van der Waals surface area (Å²) in [6.07, 6.45) is 1.74. The number of hydrogen-bond acceptors (Lipinski definition) is 4. The standard InChI is InChI=1S/C14H22O4/c1-5-7-17-13-9(3)11(15)12(16)10(4)14(13)18-8-6-2/h15-16H,5-8H2,1-4H3. The maximum Gasteiger partial charge on any atom is 0.168 e. The van der Waals surface area contributed by atoms with E-state index in [1.165, 1.54) is 0 Å². The molecular weight excluding hydrogens is 232 g/mol. The summed E-state index contributed by atoms with van der Waals surface area (Å²) >= 11 is 0. The van der Waals surface area contributed by atoms with Crippen LogP contribution in [0.15, 0.2) is 0 Å². The van der Waals surface area contributed by atoms with Crippen molar-refractivity contribution in [2.45, 2.75) is 40.5 Å². The molecule has 0 bridgehead atoms. The number of phenols is 2. The Kier molecular flexibility index (Phi) is 5.13. The van der Waals surface area contributed by atoms with Crippen LogP contribution in [0, 0.1) is 13.8 Å². The summed E-state index contributed by atoms with van der Waals surface area (Å²) in [5.41, 5.74) is 1.02. The van der Waals surface area contributed by atoms with E-state index in [0.717, 1.165) is 12.8 Å². The van der Waals surface area contributed by atoms with Gasteiger partial charge in [-0.3, -0.25) is 0 Å². The van der Waals surface area contributed by atoms with Gasteiger partial charge in [-0.25, -0.2) is 0 Å². The van der Waals surface area contributed by atoms with Crippen LogP contribution in [-0.2, 0) is 0 Å². The molecule has 2 N–H and O–H groups in total. The van der Waals surface area contributed by atoms with Crippen LogP contribution >= 0.6 is 0 Å². The summed E-state index contributed by atoms with van der Waals surface area (Å²) < 4.78 is 11.3. The van der Waals surface area contributed by atoms with Crippen molar-refractivity contribution >= 4 is 0 Å². The summed E-state index contributed by atoms with van der Waals surface area (Å²) in [4.78, 5) is 0. The van der Waals surface area contributed by atoms with Crippen molar-refractivity contribution in [3.63, 3.8) is 0 Å². The van der Waals surface area contributed by atoms with Crippen molar-refractivity contribution in [1.82, 2.24) is 0 Å². The molecule has 18 heavy (non-hydrogen) atoms. The molecule has 0 atom stereocenters. The summed E-state index contributed by atoms with van der Waals surface area (Å²) in [6.45, 7) is 8.53. The number of rotatable bonds is 6. The van der Waals surface area contributed by atoms with Gasteiger partial charge in [0.15, 0.2) is 23.0 Å². The predicted octanol–water partition coefficient (Wildman–Crippen LogP) is 3.29. The quantitative estimate of drug-likeness (QED) is 0.765. The predicted molar refractivity (Wildman–Crippen MR) is 70.8 cm³/mol. The molecule has 0 aliphatic heterocycles. The van der Waals surface area contributed by atoms with Crippen molar-refractivity contribution in [2.24, 2.45) is 0 Å². The van der Waals surface area contributed by atoms with Crippen LogP contribution in [0.4, 0.5) is 0 Å². The van der Waals surface area contributed by atoms with E-state index < -0.39 is 0 Å². The van der Waals surface area contributed by atoms with E-state index in [4.69, 9.17) is 9.47 Å². The molecule has 0 fully saturated rings. The average Bonchev–Trinajstić information content (AvgIpc) is 2.38. The van der Waals surface area contributed by atoms with Crippen LogP contribution in [0.3, 0.4) is 0 Å². The first-order chi connectivity index (χ1) is 8.54. The van der Waals surface area contributed by atoms with E-state index >= 15 is 0 Å². The molecule has 0 spiro atoms. The van der Waals surface area contributed by atoms with Gasteiger partial charge < -0.3 is 19.7 Å². The maximum atomic E-state index is 9.83. The molecule has 0 saturated carbocycles.